The van der Waals surface area contributed by atoms with Crippen molar-refractivity contribution in [3.63, 3.8) is 0 Å². The Hall–Kier alpha value is -1.14. The monoisotopic (exact) mass is 330 g/mol. The Bertz CT molecular complexity index is 293. The second kappa shape index (κ2) is 23.1. The minimum atomic E-state index is 0.0462. The van der Waals surface area contributed by atoms with Gasteiger partial charge in [0, 0.05) is 0 Å². The van der Waals surface area contributed by atoms with Gasteiger partial charge in [-0.3, -0.25) is 0 Å². The second-order valence-corrected chi connectivity index (χ2v) is 3.72. The van der Waals surface area contributed by atoms with Crippen LogP contribution in [-0.4, -0.2) is 58.0 Å². The first-order chi connectivity index (χ1) is 11.4. The molecule has 0 saturated carbocycles. The van der Waals surface area contributed by atoms with Crippen LogP contribution >= 0.6 is 0 Å². The molecule has 0 amide bonds. The standard InChI is InChI=1S/C14H22O5.2C2H6/c15-6-7-16-8-9-17-10-11-18-12-13-19-14-4-2-1-3-5-14;2*1-2/h1-5,15H,6-13H2;2*1-2H3. The van der Waals surface area contributed by atoms with Crippen LogP contribution in [0.4, 0.5) is 0 Å². The third-order valence-electron chi connectivity index (χ3n) is 2.22. The van der Waals surface area contributed by atoms with Crippen molar-refractivity contribution in [2.75, 3.05) is 52.9 Å². The first-order valence-corrected chi connectivity index (χ1v) is 8.45. The Morgan fingerprint density at radius 3 is 1.57 bits per heavy atom. The van der Waals surface area contributed by atoms with Gasteiger partial charge in [0.05, 0.1) is 46.2 Å². The SMILES string of the molecule is CC.CC.OCCOCCOCCOCCOc1ccccc1. The van der Waals surface area contributed by atoms with E-state index in [0.717, 1.165) is 5.75 Å². The third kappa shape index (κ3) is 18.8. The fourth-order valence-corrected chi connectivity index (χ4v) is 1.34. The number of para-hydroxylation sites is 1. The summed E-state index contributed by atoms with van der Waals surface area (Å²) >= 11 is 0. The zero-order valence-corrected chi connectivity index (χ0v) is 15.1. The predicted molar refractivity (Wildman–Crippen MR) is 94.2 cm³/mol. The van der Waals surface area contributed by atoms with Crippen LogP contribution in [0, 0.1) is 0 Å². The van der Waals surface area contributed by atoms with E-state index in [0.29, 0.717) is 46.2 Å². The van der Waals surface area contributed by atoms with E-state index in [1.54, 1.807) is 0 Å². The lowest BCUT2D eigenvalue weighted by Crippen LogP contribution is -2.13. The number of ether oxygens (including phenoxy) is 4. The van der Waals surface area contributed by atoms with Gasteiger partial charge < -0.3 is 24.1 Å². The van der Waals surface area contributed by atoms with Gasteiger partial charge in [-0.05, 0) is 12.1 Å². The van der Waals surface area contributed by atoms with E-state index in [1.807, 2.05) is 58.0 Å². The Morgan fingerprint density at radius 1 is 0.652 bits per heavy atom. The van der Waals surface area contributed by atoms with E-state index in [4.69, 9.17) is 24.1 Å². The molecule has 23 heavy (non-hydrogen) atoms. The van der Waals surface area contributed by atoms with Crippen molar-refractivity contribution in [1.29, 1.82) is 0 Å². The number of benzene rings is 1. The molecule has 0 aliphatic heterocycles. The van der Waals surface area contributed by atoms with Crippen LogP contribution < -0.4 is 4.74 Å². The maximum absolute atomic E-state index is 8.47. The van der Waals surface area contributed by atoms with Gasteiger partial charge in [0.15, 0.2) is 0 Å². The summed E-state index contributed by atoms with van der Waals surface area (Å²) < 4.78 is 21.1. The lowest BCUT2D eigenvalue weighted by atomic mass is 10.3. The highest BCUT2D eigenvalue weighted by Crippen LogP contribution is 2.07. The molecule has 0 spiro atoms. The zero-order valence-electron chi connectivity index (χ0n) is 15.1. The maximum Gasteiger partial charge on any atom is 0.119 e. The van der Waals surface area contributed by atoms with Gasteiger partial charge in [-0.1, -0.05) is 45.9 Å². The number of rotatable bonds is 12. The van der Waals surface area contributed by atoms with E-state index in [9.17, 15) is 0 Å². The minimum Gasteiger partial charge on any atom is -0.491 e. The van der Waals surface area contributed by atoms with Crippen molar-refractivity contribution in [1.82, 2.24) is 0 Å². The smallest absolute Gasteiger partial charge is 0.119 e. The lowest BCUT2D eigenvalue weighted by Gasteiger charge is -2.07. The molecular weight excluding hydrogens is 296 g/mol. The Labute approximate surface area is 141 Å². The highest BCUT2D eigenvalue weighted by Gasteiger charge is 1.93. The van der Waals surface area contributed by atoms with E-state index in [-0.39, 0.29) is 6.61 Å². The van der Waals surface area contributed by atoms with E-state index >= 15 is 0 Å². The Morgan fingerprint density at radius 2 is 1.09 bits per heavy atom. The van der Waals surface area contributed by atoms with Crippen LogP contribution in [0.25, 0.3) is 0 Å². The third-order valence-corrected chi connectivity index (χ3v) is 2.22. The number of aliphatic hydroxyl groups is 1. The van der Waals surface area contributed by atoms with Crippen molar-refractivity contribution in [2.45, 2.75) is 27.7 Å². The maximum atomic E-state index is 8.47. The van der Waals surface area contributed by atoms with Gasteiger partial charge in [-0.25, -0.2) is 0 Å². The van der Waals surface area contributed by atoms with Crippen LogP contribution in [-0.2, 0) is 14.2 Å². The Kier molecular flexibility index (Phi) is 24.3. The van der Waals surface area contributed by atoms with Crippen LogP contribution in [0.15, 0.2) is 30.3 Å². The summed E-state index contributed by atoms with van der Waals surface area (Å²) in [5.74, 6) is 0.850. The van der Waals surface area contributed by atoms with Crippen molar-refractivity contribution >= 4 is 0 Å². The van der Waals surface area contributed by atoms with Crippen molar-refractivity contribution in [3.8, 4) is 5.75 Å². The molecule has 0 aliphatic rings. The molecule has 1 aromatic carbocycles. The topological polar surface area (TPSA) is 57.2 Å². The lowest BCUT2D eigenvalue weighted by molar-refractivity contribution is 0.00361. The van der Waals surface area contributed by atoms with Crippen LogP contribution in [0.1, 0.15) is 27.7 Å². The highest BCUT2D eigenvalue weighted by molar-refractivity contribution is 5.20. The summed E-state index contributed by atoms with van der Waals surface area (Å²) in [4.78, 5) is 0. The molecule has 0 fully saturated rings. The summed E-state index contributed by atoms with van der Waals surface area (Å²) in [6, 6.07) is 9.64. The molecule has 0 saturated heterocycles. The molecular formula is C18H34O5. The summed E-state index contributed by atoms with van der Waals surface area (Å²) in [5.41, 5.74) is 0. The fourth-order valence-electron chi connectivity index (χ4n) is 1.34. The van der Waals surface area contributed by atoms with Gasteiger partial charge >= 0.3 is 0 Å². The summed E-state index contributed by atoms with van der Waals surface area (Å²) in [6.07, 6.45) is 0. The van der Waals surface area contributed by atoms with Gasteiger partial charge in [-0.15, -0.1) is 0 Å². The first kappa shape index (κ1) is 24.1. The molecule has 0 radical (unpaired) electrons. The summed E-state index contributed by atoms with van der Waals surface area (Å²) in [6.45, 7) is 11.6. The summed E-state index contributed by atoms with van der Waals surface area (Å²) in [5, 5.41) is 8.47. The van der Waals surface area contributed by atoms with Crippen LogP contribution in [0.5, 0.6) is 5.75 Å². The molecule has 0 aromatic heterocycles. The molecule has 0 bridgehead atoms. The molecule has 0 atom stereocenters. The minimum absolute atomic E-state index is 0.0462. The van der Waals surface area contributed by atoms with Gasteiger partial charge in [0.1, 0.15) is 12.4 Å². The molecule has 0 heterocycles. The van der Waals surface area contributed by atoms with Crippen molar-refractivity contribution in [2.24, 2.45) is 0 Å². The molecule has 0 unspecified atom stereocenters. The molecule has 136 valence electrons. The molecule has 0 aliphatic carbocycles. The number of hydrogen-bond acceptors (Lipinski definition) is 5. The number of aliphatic hydroxyl groups excluding tert-OH is 1. The summed E-state index contributed by atoms with van der Waals surface area (Å²) in [7, 11) is 0. The van der Waals surface area contributed by atoms with Gasteiger partial charge in [0.2, 0.25) is 0 Å². The van der Waals surface area contributed by atoms with E-state index in [1.165, 1.54) is 0 Å². The molecule has 1 rings (SSSR count). The fraction of sp³-hybridized carbons (Fsp3) is 0.667. The van der Waals surface area contributed by atoms with Gasteiger partial charge in [0.25, 0.3) is 0 Å². The normalized spacial score (nSPS) is 9.26. The van der Waals surface area contributed by atoms with E-state index < -0.39 is 0 Å². The zero-order chi connectivity index (χ0) is 17.6. The number of hydrogen-bond donors (Lipinski definition) is 1. The quantitative estimate of drug-likeness (QED) is 0.597. The highest BCUT2D eigenvalue weighted by atomic mass is 16.6. The average Bonchev–Trinajstić information content (AvgIpc) is 2.64. The Balaban J connectivity index is 0. The molecule has 5 heteroatoms. The molecule has 1 N–H and O–H groups in total. The average molecular weight is 330 g/mol. The van der Waals surface area contributed by atoms with Crippen LogP contribution in [0.2, 0.25) is 0 Å². The second-order valence-electron chi connectivity index (χ2n) is 3.72. The molecule has 1 aromatic rings. The van der Waals surface area contributed by atoms with Crippen molar-refractivity contribution < 1.29 is 24.1 Å². The largest absolute Gasteiger partial charge is 0.491 e. The predicted octanol–water partition coefficient (Wildman–Crippen LogP) is 3.16. The van der Waals surface area contributed by atoms with E-state index in [2.05, 4.69) is 0 Å². The van der Waals surface area contributed by atoms with Crippen molar-refractivity contribution in [3.05, 3.63) is 30.3 Å². The van der Waals surface area contributed by atoms with Gasteiger partial charge in [-0.2, -0.15) is 0 Å². The first-order valence-electron chi connectivity index (χ1n) is 8.45. The molecule has 5 nitrogen and oxygen atoms in total. The van der Waals surface area contributed by atoms with Crippen LogP contribution in [0.3, 0.4) is 0 Å².